The lowest BCUT2D eigenvalue weighted by molar-refractivity contribution is -0.140. The van der Waals surface area contributed by atoms with Crippen LogP contribution in [0.3, 0.4) is 0 Å². The van der Waals surface area contributed by atoms with Gasteiger partial charge in [-0.25, -0.2) is 8.42 Å². The molecule has 0 radical (unpaired) electrons. The van der Waals surface area contributed by atoms with Gasteiger partial charge in [-0.1, -0.05) is 84.8 Å². The minimum absolute atomic E-state index is 0.0738. The van der Waals surface area contributed by atoms with E-state index < -0.39 is 28.5 Å². The van der Waals surface area contributed by atoms with Gasteiger partial charge < -0.3 is 19.7 Å². The number of carbonyl (C=O) groups is 2. The molecule has 0 heterocycles. The van der Waals surface area contributed by atoms with Crippen LogP contribution in [0.2, 0.25) is 0 Å². The minimum Gasteiger partial charge on any atom is -0.493 e. The van der Waals surface area contributed by atoms with Gasteiger partial charge in [0.15, 0.2) is 11.5 Å². The summed E-state index contributed by atoms with van der Waals surface area (Å²) in [4.78, 5) is 29.8. The van der Waals surface area contributed by atoms with Crippen molar-refractivity contribution in [3.8, 4) is 11.5 Å². The second-order valence-corrected chi connectivity index (χ2v) is 13.2. The SMILES string of the molecule is CCCNC(=O)[C@H](Cc1ccccc1)N(Cc1cccc(C)c1)C(=O)CN(c1ccc(C)cc1)S(=O)(=O)c1ccc(OC)c(OC)c1. The fraction of sp³-hybridized carbons (Fsp3) is 0.297. The summed E-state index contributed by atoms with van der Waals surface area (Å²) in [5.41, 5.74) is 3.94. The topological polar surface area (TPSA) is 105 Å². The van der Waals surface area contributed by atoms with E-state index in [1.165, 1.54) is 37.3 Å². The van der Waals surface area contributed by atoms with E-state index in [0.717, 1.165) is 33.0 Å². The predicted molar refractivity (Wildman–Crippen MR) is 184 cm³/mol. The summed E-state index contributed by atoms with van der Waals surface area (Å²) in [5, 5.41) is 2.97. The summed E-state index contributed by atoms with van der Waals surface area (Å²) >= 11 is 0. The van der Waals surface area contributed by atoms with Gasteiger partial charge in [0.05, 0.1) is 24.8 Å². The second-order valence-electron chi connectivity index (χ2n) is 11.4. The Hall–Kier alpha value is -4.83. The molecule has 0 saturated heterocycles. The van der Waals surface area contributed by atoms with Crippen molar-refractivity contribution in [3.05, 3.63) is 119 Å². The number of aryl methyl sites for hydroxylation is 2. The molecule has 4 aromatic rings. The van der Waals surface area contributed by atoms with Crippen molar-refractivity contribution >= 4 is 27.5 Å². The monoisotopic (exact) mass is 657 g/mol. The standard InChI is InChI=1S/C37H43N3O6S/c1-6-21-38-37(42)33(23-29-12-8-7-9-13-29)39(25-30-14-10-11-28(3)22-30)36(41)26-40(31-17-15-27(2)16-18-31)47(43,44)32-19-20-34(45-4)35(24-32)46-5/h7-20,22,24,33H,6,21,23,25-26H2,1-5H3,(H,38,42)/t33-/m0/s1. The summed E-state index contributed by atoms with van der Waals surface area (Å²) < 4.78 is 40.5. The van der Waals surface area contributed by atoms with Gasteiger partial charge in [0, 0.05) is 25.6 Å². The Balaban J connectivity index is 1.82. The fourth-order valence-corrected chi connectivity index (χ4v) is 6.70. The lowest BCUT2D eigenvalue weighted by Gasteiger charge is -2.34. The number of sulfonamides is 1. The van der Waals surface area contributed by atoms with Crippen LogP contribution in [-0.4, -0.2) is 58.5 Å². The lowest BCUT2D eigenvalue weighted by Crippen LogP contribution is -2.53. The van der Waals surface area contributed by atoms with Gasteiger partial charge in [-0.3, -0.25) is 13.9 Å². The van der Waals surface area contributed by atoms with Crippen LogP contribution in [0.5, 0.6) is 11.5 Å². The number of rotatable bonds is 15. The normalized spacial score (nSPS) is 11.8. The van der Waals surface area contributed by atoms with E-state index in [1.54, 1.807) is 24.3 Å². The Labute approximate surface area is 278 Å². The summed E-state index contributed by atoms with van der Waals surface area (Å²) in [6.45, 7) is 5.82. The molecule has 0 unspecified atom stereocenters. The molecule has 0 saturated carbocycles. The molecule has 0 aromatic heterocycles. The van der Waals surface area contributed by atoms with Crippen LogP contribution in [0.15, 0.2) is 102 Å². The molecule has 0 fully saturated rings. The van der Waals surface area contributed by atoms with Gasteiger partial charge in [0.25, 0.3) is 10.0 Å². The zero-order chi connectivity index (χ0) is 34.0. The lowest BCUT2D eigenvalue weighted by atomic mass is 10.0. The zero-order valence-electron chi connectivity index (χ0n) is 27.6. The molecule has 2 amide bonds. The molecule has 47 heavy (non-hydrogen) atoms. The van der Waals surface area contributed by atoms with Gasteiger partial charge >= 0.3 is 0 Å². The van der Waals surface area contributed by atoms with Crippen molar-refractivity contribution in [3.63, 3.8) is 0 Å². The van der Waals surface area contributed by atoms with Gasteiger partial charge in [0.2, 0.25) is 11.8 Å². The molecule has 10 heteroatoms. The number of benzene rings is 4. The van der Waals surface area contributed by atoms with Crippen LogP contribution in [0, 0.1) is 13.8 Å². The molecular weight excluding hydrogens is 614 g/mol. The first-order valence-corrected chi connectivity index (χ1v) is 17.0. The highest BCUT2D eigenvalue weighted by Crippen LogP contribution is 2.32. The maximum absolute atomic E-state index is 14.6. The second kappa shape index (κ2) is 16.1. The molecule has 1 atom stereocenters. The average molecular weight is 658 g/mol. The first-order valence-electron chi connectivity index (χ1n) is 15.6. The van der Waals surface area contributed by atoms with E-state index in [0.29, 0.717) is 18.0 Å². The van der Waals surface area contributed by atoms with Crippen LogP contribution >= 0.6 is 0 Å². The van der Waals surface area contributed by atoms with Crippen LogP contribution in [-0.2, 0) is 32.6 Å². The molecule has 0 spiro atoms. The van der Waals surface area contributed by atoms with Crippen molar-refractivity contribution in [1.82, 2.24) is 10.2 Å². The van der Waals surface area contributed by atoms with Crippen LogP contribution in [0.25, 0.3) is 0 Å². The van der Waals surface area contributed by atoms with Crippen molar-refractivity contribution in [2.45, 2.75) is 51.1 Å². The largest absolute Gasteiger partial charge is 0.493 e. The maximum Gasteiger partial charge on any atom is 0.264 e. The van der Waals surface area contributed by atoms with E-state index in [2.05, 4.69) is 5.32 Å². The molecule has 4 rings (SSSR count). The third-order valence-corrected chi connectivity index (χ3v) is 9.57. The van der Waals surface area contributed by atoms with Gasteiger partial charge in [-0.15, -0.1) is 0 Å². The summed E-state index contributed by atoms with van der Waals surface area (Å²) in [7, 11) is -1.41. The number of nitrogens with one attached hydrogen (secondary N) is 1. The van der Waals surface area contributed by atoms with Crippen LogP contribution < -0.4 is 19.1 Å². The van der Waals surface area contributed by atoms with E-state index in [4.69, 9.17) is 9.47 Å². The molecule has 9 nitrogen and oxygen atoms in total. The van der Waals surface area contributed by atoms with Crippen molar-refractivity contribution in [1.29, 1.82) is 0 Å². The Kier molecular flexibility index (Phi) is 12.0. The fourth-order valence-electron chi connectivity index (χ4n) is 5.27. The molecule has 0 aliphatic carbocycles. The highest BCUT2D eigenvalue weighted by atomic mass is 32.2. The van der Waals surface area contributed by atoms with Crippen molar-refractivity contribution in [2.24, 2.45) is 0 Å². The van der Waals surface area contributed by atoms with Crippen LogP contribution in [0.4, 0.5) is 5.69 Å². The third kappa shape index (κ3) is 8.92. The smallest absolute Gasteiger partial charge is 0.264 e. The van der Waals surface area contributed by atoms with Crippen molar-refractivity contribution in [2.75, 3.05) is 31.6 Å². The van der Waals surface area contributed by atoms with Gasteiger partial charge in [-0.2, -0.15) is 0 Å². The predicted octanol–water partition coefficient (Wildman–Crippen LogP) is 5.68. The molecule has 1 N–H and O–H groups in total. The van der Waals surface area contributed by atoms with Crippen molar-refractivity contribution < 1.29 is 27.5 Å². The minimum atomic E-state index is -4.30. The summed E-state index contributed by atoms with van der Waals surface area (Å²) in [6, 6.07) is 27.5. The average Bonchev–Trinajstić information content (AvgIpc) is 3.08. The van der Waals surface area contributed by atoms with E-state index in [1.807, 2.05) is 75.4 Å². The van der Waals surface area contributed by atoms with E-state index in [-0.39, 0.29) is 29.5 Å². The summed E-state index contributed by atoms with van der Waals surface area (Å²) in [6.07, 6.45) is 0.974. The third-order valence-electron chi connectivity index (χ3n) is 7.80. The summed E-state index contributed by atoms with van der Waals surface area (Å²) in [5.74, 6) is -0.221. The number of carbonyl (C=O) groups excluding carboxylic acids is 2. The Bertz CT molecular complexity index is 1760. The number of methoxy groups -OCH3 is 2. The highest BCUT2D eigenvalue weighted by molar-refractivity contribution is 7.92. The quantitative estimate of drug-likeness (QED) is 0.176. The highest BCUT2D eigenvalue weighted by Gasteiger charge is 2.35. The van der Waals surface area contributed by atoms with Gasteiger partial charge in [0.1, 0.15) is 12.6 Å². The van der Waals surface area contributed by atoms with E-state index >= 15 is 0 Å². The molecule has 4 aromatic carbocycles. The number of hydrogen-bond acceptors (Lipinski definition) is 6. The first-order chi connectivity index (χ1) is 22.6. The Morgan fingerprint density at radius 1 is 0.787 bits per heavy atom. The Morgan fingerprint density at radius 3 is 2.11 bits per heavy atom. The molecule has 0 bridgehead atoms. The van der Waals surface area contributed by atoms with E-state index in [9.17, 15) is 18.0 Å². The maximum atomic E-state index is 14.6. The molecular formula is C37H43N3O6S. The zero-order valence-corrected chi connectivity index (χ0v) is 28.4. The van der Waals surface area contributed by atoms with Crippen LogP contribution in [0.1, 0.15) is 35.6 Å². The molecule has 0 aliphatic heterocycles. The van der Waals surface area contributed by atoms with Gasteiger partial charge in [-0.05, 0) is 55.7 Å². The first kappa shape index (κ1) is 35.0. The molecule has 0 aliphatic rings. The number of nitrogens with zero attached hydrogens (tertiary/aromatic N) is 2. The number of ether oxygens (including phenoxy) is 2. The molecule has 248 valence electrons. The Morgan fingerprint density at radius 2 is 1.47 bits per heavy atom. The number of hydrogen-bond donors (Lipinski definition) is 1. The number of anilines is 1. The number of amides is 2.